The van der Waals surface area contributed by atoms with Crippen LogP contribution in [-0.4, -0.2) is 17.9 Å². The molecule has 0 radical (unpaired) electrons. The Bertz CT molecular complexity index is 503. The van der Waals surface area contributed by atoms with Crippen molar-refractivity contribution in [2.24, 2.45) is 7.05 Å². The van der Waals surface area contributed by atoms with E-state index < -0.39 is 11.6 Å². The number of nitrogens with one attached hydrogen (secondary N) is 1. The van der Waals surface area contributed by atoms with Crippen molar-refractivity contribution in [2.75, 3.05) is 12.4 Å². The van der Waals surface area contributed by atoms with Gasteiger partial charge in [0.05, 0.1) is 5.69 Å². The van der Waals surface area contributed by atoms with Crippen LogP contribution in [0.3, 0.4) is 0 Å². The molecule has 2 aromatic rings. The summed E-state index contributed by atoms with van der Waals surface area (Å²) in [4.78, 5) is 10.1. The standard InChI is InChI=1S/C7H7F2N.C6H7NO/c1-10-7-5(8)3-2-4-6(7)9;1-7-4-2-3-6(7)5-8/h2-4,10H,1H3;2-5H,1H3. The number of carbonyl (C=O) groups is 1. The molecule has 0 fully saturated rings. The SMILES string of the molecule is CNc1c(F)cccc1F.Cn1cccc1C=O. The van der Waals surface area contributed by atoms with Crippen molar-refractivity contribution in [3.05, 3.63) is 53.9 Å². The van der Waals surface area contributed by atoms with Crippen LogP contribution >= 0.6 is 0 Å². The van der Waals surface area contributed by atoms with Gasteiger partial charge >= 0.3 is 0 Å². The van der Waals surface area contributed by atoms with Crippen molar-refractivity contribution in [3.8, 4) is 0 Å². The first-order chi connectivity index (χ1) is 8.60. The average molecular weight is 252 g/mol. The molecule has 3 nitrogen and oxygen atoms in total. The van der Waals surface area contributed by atoms with Gasteiger partial charge in [0.15, 0.2) is 6.29 Å². The van der Waals surface area contributed by atoms with E-state index >= 15 is 0 Å². The van der Waals surface area contributed by atoms with E-state index in [2.05, 4.69) is 5.32 Å². The molecule has 0 aliphatic carbocycles. The van der Waals surface area contributed by atoms with Gasteiger partial charge in [-0.1, -0.05) is 6.07 Å². The maximum atomic E-state index is 12.5. The van der Waals surface area contributed by atoms with Crippen LogP contribution in [0, 0.1) is 11.6 Å². The van der Waals surface area contributed by atoms with Crippen LogP contribution in [-0.2, 0) is 7.05 Å². The zero-order valence-corrected chi connectivity index (χ0v) is 10.2. The monoisotopic (exact) mass is 252 g/mol. The number of aryl methyl sites for hydroxylation is 1. The van der Waals surface area contributed by atoms with E-state index in [9.17, 15) is 13.6 Å². The Hall–Kier alpha value is -2.17. The second-order valence-corrected chi connectivity index (χ2v) is 3.51. The third-order valence-electron chi connectivity index (χ3n) is 2.32. The van der Waals surface area contributed by atoms with Gasteiger partial charge in [0.25, 0.3) is 0 Å². The minimum absolute atomic E-state index is 0.0810. The third-order valence-corrected chi connectivity index (χ3v) is 2.32. The van der Waals surface area contributed by atoms with Gasteiger partial charge in [0.1, 0.15) is 17.3 Å². The summed E-state index contributed by atoms with van der Waals surface area (Å²) < 4.78 is 26.9. The first kappa shape index (κ1) is 13.9. The molecule has 0 unspecified atom stereocenters. The van der Waals surface area contributed by atoms with Crippen molar-refractivity contribution in [2.45, 2.75) is 0 Å². The molecule has 0 aliphatic heterocycles. The summed E-state index contributed by atoms with van der Waals surface area (Å²) in [5.74, 6) is -1.13. The summed E-state index contributed by atoms with van der Waals surface area (Å²) in [5, 5.41) is 2.41. The number of aromatic nitrogens is 1. The highest BCUT2D eigenvalue weighted by molar-refractivity contribution is 5.72. The lowest BCUT2D eigenvalue weighted by atomic mass is 10.3. The van der Waals surface area contributed by atoms with Gasteiger partial charge in [-0.05, 0) is 24.3 Å². The molecule has 0 atom stereocenters. The van der Waals surface area contributed by atoms with Crippen LogP contribution in [0.4, 0.5) is 14.5 Å². The maximum absolute atomic E-state index is 12.5. The van der Waals surface area contributed by atoms with Crippen molar-refractivity contribution in [1.82, 2.24) is 4.57 Å². The second-order valence-electron chi connectivity index (χ2n) is 3.51. The van der Waals surface area contributed by atoms with Crippen LogP contribution in [0.1, 0.15) is 10.5 Å². The number of rotatable bonds is 2. The number of nitrogens with zero attached hydrogens (tertiary/aromatic N) is 1. The van der Waals surface area contributed by atoms with E-state index in [4.69, 9.17) is 0 Å². The number of para-hydroxylation sites is 1. The van der Waals surface area contributed by atoms with Crippen molar-refractivity contribution < 1.29 is 13.6 Å². The summed E-state index contributed by atoms with van der Waals surface area (Å²) in [5.41, 5.74) is 0.632. The van der Waals surface area contributed by atoms with Crippen molar-refractivity contribution in [3.63, 3.8) is 0 Å². The van der Waals surface area contributed by atoms with Gasteiger partial charge in [-0.15, -0.1) is 0 Å². The molecule has 5 heteroatoms. The van der Waals surface area contributed by atoms with E-state index in [0.29, 0.717) is 5.69 Å². The van der Waals surface area contributed by atoms with Crippen LogP contribution in [0.5, 0.6) is 0 Å². The van der Waals surface area contributed by atoms with Crippen LogP contribution in [0.25, 0.3) is 0 Å². The number of carbonyl (C=O) groups excluding carboxylic acids is 1. The lowest BCUT2D eigenvalue weighted by molar-refractivity contribution is 0.111. The Labute approximate surface area is 104 Å². The molecule has 1 aromatic carbocycles. The van der Waals surface area contributed by atoms with E-state index in [0.717, 1.165) is 6.29 Å². The Morgan fingerprint density at radius 2 is 1.78 bits per heavy atom. The Morgan fingerprint density at radius 3 is 2.06 bits per heavy atom. The largest absolute Gasteiger partial charge is 0.383 e. The number of hydrogen-bond acceptors (Lipinski definition) is 2. The molecular formula is C13H14F2N2O. The zero-order valence-electron chi connectivity index (χ0n) is 10.2. The molecule has 0 bridgehead atoms. The summed E-state index contributed by atoms with van der Waals surface area (Å²) in [6.07, 6.45) is 2.67. The van der Waals surface area contributed by atoms with E-state index in [1.54, 1.807) is 10.6 Å². The molecule has 0 aliphatic rings. The van der Waals surface area contributed by atoms with E-state index in [1.165, 1.54) is 25.2 Å². The number of anilines is 1. The highest BCUT2D eigenvalue weighted by Gasteiger charge is 2.03. The fourth-order valence-corrected chi connectivity index (χ4v) is 1.33. The molecule has 1 aromatic heterocycles. The normalized spacial score (nSPS) is 9.33. The minimum atomic E-state index is -0.567. The van der Waals surface area contributed by atoms with Gasteiger partial charge < -0.3 is 9.88 Å². The highest BCUT2D eigenvalue weighted by Crippen LogP contribution is 2.16. The molecule has 1 N–H and O–H groups in total. The predicted octanol–water partition coefficient (Wildman–Crippen LogP) is 2.84. The fourth-order valence-electron chi connectivity index (χ4n) is 1.33. The Morgan fingerprint density at radius 1 is 1.17 bits per heavy atom. The molecule has 0 amide bonds. The maximum Gasteiger partial charge on any atom is 0.166 e. The van der Waals surface area contributed by atoms with Gasteiger partial charge in [-0.3, -0.25) is 4.79 Å². The molecule has 0 saturated carbocycles. The molecule has 0 saturated heterocycles. The van der Waals surface area contributed by atoms with Gasteiger partial charge in [0.2, 0.25) is 0 Å². The fraction of sp³-hybridized carbons (Fsp3) is 0.154. The lowest BCUT2D eigenvalue weighted by Gasteiger charge is -2.01. The van der Waals surface area contributed by atoms with Crippen LogP contribution in [0.2, 0.25) is 0 Å². The number of benzene rings is 1. The predicted molar refractivity (Wildman–Crippen MR) is 66.7 cm³/mol. The smallest absolute Gasteiger partial charge is 0.166 e. The quantitative estimate of drug-likeness (QED) is 0.834. The zero-order chi connectivity index (χ0) is 13.5. The highest BCUT2D eigenvalue weighted by atomic mass is 19.1. The number of hydrogen-bond donors (Lipinski definition) is 1. The van der Waals surface area contributed by atoms with Gasteiger partial charge in [0, 0.05) is 20.3 Å². The topological polar surface area (TPSA) is 34.0 Å². The summed E-state index contributed by atoms with van der Waals surface area (Å²) in [7, 11) is 3.31. The van der Waals surface area contributed by atoms with Gasteiger partial charge in [-0.2, -0.15) is 0 Å². The second kappa shape index (κ2) is 6.54. The van der Waals surface area contributed by atoms with Crippen LogP contribution in [0.15, 0.2) is 36.5 Å². The first-order valence-corrected chi connectivity index (χ1v) is 5.28. The van der Waals surface area contributed by atoms with Crippen molar-refractivity contribution >= 4 is 12.0 Å². The van der Waals surface area contributed by atoms with Gasteiger partial charge in [-0.25, -0.2) is 8.78 Å². The van der Waals surface area contributed by atoms with E-state index in [1.807, 2.05) is 19.3 Å². The molecule has 0 spiro atoms. The lowest BCUT2D eigenvalue weighted by Crippen LogP contribution is -1.95. The number of halogens is 2. The summed E-state index contributed by atoms with van der Waals surface area (Å²) in [6, 6.07) is 7.34. The molecular weight excluding hydrogens is 238 g/mol. The van der Waals surface area contributed by atoms with Crippen molar-refractivity contribution in [1.29, 1.82) is 0 Å². The molecule has 2 rings (SSSR count). The molecule has 96 valence electrons. The average Bonchev–Trinajstić information content (AvgIpc) is 2.76. The van der Waals surface area contributed by atoms with Crippen LogP contribution < -0.4 is 5.32 Å². The Balaban J connectivity index is 0.000000184. The summed E-state index contributed by atoms with van der Waals surface area (Å²) in [6.45, 7) is 0. The molecule has 18 heavy (non-hydrogen) atoms. The summed E-state index contributed by atoms with van der Waals surface area (Å²) >= 11 is 0. The Kier molecular flexibility index (Phi) is 5.05. The number of aldehydes is 1. The minimum Gasteiger partial charge on any atom is -0.383 e. The third kappa shape index (κ3) is 3.41. The molecule has 1 heterocycles. The first-order valence-electron chi connectivity index (χ1n) is 5.28. The van der Waals surface area contributed by atoms with E-state index in [-0.39, 0.29) is 5.69 Å².